The molecule has 0 aromatic carbocycles. The number of ketones is 1. The van der Waals surface area contributed by atoms with Gasteiger partial charge in [-0.05, 0) is 28.1 Å². The SMILES string of the molecule is COCCN(CCO)CC(=O)c1ccc(Br)s1. The van der Waals surface area contributed by atoms with Crippen LogP contribution in [0.2, 0.25) is 0 Å². The van der Waals surface area contributed by atoms with Crippen molar-refractivity contribution < 1.29 is 14.6 Å². The molecule has 17 heavy (non-hydrogen) atoms. The van der Waals surface area contributed by atoms with Gasteiger partial charge >= 0.3 is 0 Å². The zero-order valence-electron chi connectivity index (χ0n) is 9.69. The van der Waals surface area contributed by atoms with E-state index in [1.807, 2.05) is 17.0 Å². The lowest BCUT2D eigenvalue weighted by Crippen LogP contribution is -2.34. The van der Waals surface area contributed by atoms with Gasteiger partial charge in [-0.15, -0.1) is 11.3 Å². The van der Waals surface area contributed by atoms with Crippen LogP contribution < -0.4 is 0 Å². The standard InChI is InChI=1S/C11H16BrNO3S/c1-16-7-5-13(4-6-14)8-9(15)10-2-3-11(12)17-10/h2-3,14H,4-8H2,1H3. The summed E-state index contributed by atoms with van der Waals surface area (Å²) in [6.45, 7) is 2.06. The van der Waals surface area contributed by atoms with E-state index in [0.29, 0.717) is 26.2 Å². The molecule has 1 N–H and O–H groups in total. The van der Waals surface area contributed by atoms with Gasteiger partial charge in [-0.1, -0.05) is 0 Å². The molecular formula is C11H16BrNO3S. The van der Waals surface area contributed by atoms with E-state index in [-0.39, 0.29) is 12.4 Å². The number of methoxy groups -OCH3 is 1. The first kappa shape index (κ1) is 14.8. The Morgan fingerprint density at radius 1 is 1.53 bits per heavy atom. The van der Waals surface area contributed by atoms with Gasteiger partial charge in [0.25, 0.3) is 0 Å². The maximum Gasteiger partial charge on any atom is 0.186 e. The monoisotopic (exact) mass is 321 g/mol. The molecule has 6 heteroatoms. The molecule has 1 aromatic heterocycles. The summed E-state index contributed by atoms with van der Waals surface area (Å²) >= 11 is 4.76. The lowest BCUT2D eigenvalue weighted by atomic mass is 10.3. The molecule has 0 saturated heterocycles. The van der Waals surface area contributed by atoms with E-state index in [1.165, 1.54) is 11.3 Å². The molecule has 0 aliphatic carbocycles. The molecule has 0 bridgehead atoms. The van der Waals surface area contributed by atoms with Gasteiger partial charge < -0.3 is 9.84 Å². The number of ether oxygens (including phenoxy) is 1. The molecule has 1 heterocycles. The highest BCUT2D eigenvalue weighted by molar-refractivity contribution is 9.11. The van der Waals surface area contributed by atoms with Crippen molar-refractivity contribution in [2.24, 2.45) is 0 Å². The number of rotatable bonds is 8. The number of thiophene rings is 1. The summed E-state index contributed by atoms with van der Waals surface area (Å²) in [5, 5.41) is 8.92. The Bertz CT molecular complexity index is 356. The van der Waals surface area contributed by atoms with E-state index >= 15 is 0 Å². The molecule has 1 rings (SSSR count). The maximum absolute atomic E-state index is 11.9. The molecule has 0 saturated carbocycles. The fourth-order valence-corrected chi connectivity index (χ4v) is 2.69. The molecule has 0 atom stereocenters. The van der Waals surface area contributed by atoms with Crippen molar-refractivity contribution in [1.82, 2.24) is 4.90 Å². The summed E-state index contributed by atoms with van der Waals surface area (Å²) in [7, 11) is 1.62. The van der Waals surface area contributed by atoms with Gasteiger partial charge in [-0.25, -0.2) is 0 Å². The predicted molar refractivity (Wildman–Crippen MR) is 71.8 cm³/mol. The summed E-state index contributed by atoms with van der Waals surface area (Å²) in [5.74, 6) is 0.0743. The Labute approximate surface area is 113 Å². The largest absolute Gasteiger partial charge is 0.395 e. The zero-order chi connectivity index (χ0) is 12.7. The van der Waals surface area contributed by atoms with E-state index < -0.39 is 0 Å². The average Bonchev–Trinajstić information content (AvgIpc) is 2.73. The van der Waals surface area contributed by atoms with Crippen molar-refractivity contribution in [2.75, 3.05) is 40.0 Å². The van der Waals surface area contributed by atoms with Crippen LogP contribution in [0.25, 0.3) is 0 Å². The number of aliphatic hydroxyl groups is 1. The van der Waals surface area contributed by atoms with Crippen molar-refractivity contribution in [3.8, 4) is 0 Å². The fourth-order valence-electron chi connectivity index (χ4n) is 1.38. The second kappa shape index (κ2) is 7.94. The lowest BCUT2D eigenvalue weighted by Gasteiger charge is -2.19. The van der Waals surface area contributed by atoms with Crippen LogP contribution in [0.1, 0.15) is 9.67 Å². The van der Waals surface area contributed by atoms with E-state index in [1.54, 1.807) is 7.11 Å². The summed E-state index contributed by atoms with van der Waals surface area (Å²) in [6.07, 6.45) is 0. The maximum atomic E-state index is 11.9. The van der Waals surface area contributed by atoms with Crippen LogP contribution in [0.5, 0.6) is 0 Å². The van der Waals surface area contributed by atoms with E-state index in [9.17, 15) is 4.79 Å². The summed E-state index contributed by atoms with van der Waals surface area (Å²) in [4.78, 5) is 14.6. The molecule has 0 unspecified atom stereocenters. The molecule has 0 radical (unpaired) electrons. The molecule has 1 aromatic rings. The van der Waals surface area contributed by atoms with Gasteiger partial charge in [-0.2, -0.15) is 0 Å². The minimum Gasteiger partial charge on any atom is -0.395 e. The van der Waals surface area contributed by atoms with Gasteiger partial charge in [0.05, 0.1) is 28.4 Å². The molecule has 0 spiro atoms. The number of carbonyl (C=O) groups excluding carboxylic acids is 1. The molecule has 0 aliphatic rings. The third-order valence-corrected chi connectivity index (χ3v) is 3.91. The van der Waals surface area contributed by atoms with Gasteiger partial charge in [0, 0.05) is 20.2 Å². The molecule has 0 amide bonds. The Morgan fingerprint density at radius 2 is 2.29 bits per heavy atom. The van der Waals surface area contributed by atoms with E-state index in [2.05, 4.69) is 15.9 Å². The van der Waals surface area contributed by atoms with Crippen molar-refractivity contribution in [3.63, 3.8) is 0 Å². The van der Waals surface area contributed by atoms with E-state index in [4.69, 9.17) is 9.84 Å². The zero-order valence-corrected chi connectivity index (χ0v) is 12.1. The fraction of sp³-hybridized carbons (Fsp3) is 0.545. The minimum atomic E-state index is 0.0468. The molecule has 4 nitrogen and oxygen atoms in total. The summed E-state index contributed by atoms with van der Waals surface area (Å²) in [6, 6.07) is 3.67. The van der Waals surface area contributed by atoms with E-state index in [0.717, 1.165) is 8.66 Å². The third kappa shape index (κ3) is 5.27. The summed E-state index contributed by atoms with van der Waals surface area (Å²) in [5.41, 5.74) is 0. The Kier molecular flexibility index (Phi) is 6.91. The van der Waals surface area contributed by atoms with Crippen LogP contribution in [0.4, 0.5) is 0 Å². The quantitative estimate of drug-likeness (QED) is 0.739. The number of aliphatic hydroxyl groups excluding tert-OH is 1. The Hall–Kier alpha value is -0.270. The second-order valence-corrected chi connectivity index (χ2v) is 5.98. The number of hydrogen-bond donors (Lipinski definition) is 1. The highest BCUT2D eigenvalue weighted by atomic mass is 79.9. The molecule has 96 valence electrons. The van der Waals surface area contributed by atoms with Crippen LogP contribution >= 0.6 is 27.3 Å². The first-order chi connectivity index (χ1) is 8.17. The van der Waals surface area contributed by atoms with Crippen LogP contribution in [-0.4, -0.2) is 55.7 Å². The first-order valence-electron chi connectivity index (χ1n) is 5.28. The number of halogens is 1. The van der Waals surface area contributed by atoms with Crippen molar-refractivity contribution in [2.45, 2.75) is 0 Å². The van der Waals surface area contributed by atoms with Gasteiger partial charge in [0.15, 0.2) is 5.78 Å². The van der Waals surface area contributed by atoms with Crippen molar-refractivity contribution >= 4 is 33.0 Å². The van der Waals surface area contributed by atoms with Gasteiger partial charge in [0.2, 0.25) is 0 Å². The normalized spacial score (nSPS) is 11.1. The number of hydrogen-bond acceptors (Lipinski definition) is 5. The van der Waals surface area contributed by atoms with Crippen LogP contribution in [0.15, 0.2) is 15.9 Å². The Morgan fingerprint density at radius 3 is 2.82 bits per heavy atom. The van der Waals surface area contributed by atoms with Crippen molar-refractivity contribution in [1.29, 1.82) is 0 Å². The summed E-state index contributed by atoms with van der Waals surface area (Å²) < 4.78 is 5.92. The predicted octanol–water partition coefficient (Wildman–Crippen LogP) is 1.63. The molecular weight excluding hydrogens is 306 g/mol. The Balaban J connectivity index is 2.51. The van der Waals surface area contributed by atoms with Gasteiger partial charge in [0.1, 0.15) is 0 Å². The smallest absolute Gasteiger partial charge is 0.186 e. The highest BCUT2D eigenvalue weighted by Gasteiger charge is 2.13. The highest BCUT2D eigenvalue weighted by Crippen LogP contribution is 2.22. The van der Waals surface area contributed by atoms with Crippen molar-refractivity contribution in [3.05, 3.63) is 20.8 Å². The second-order valence-electron chi connectivity index (χ2n) is 3.52. The third-order valence-electron chi connectivity index (χ3n) is 2.24. The van der Waals surface area contributed by atoms with Gasteiger partial charge in [-0.3, -0.25) is 9.69 Å². The molecule has 0 fully saturated rings. The number of carbonyl (C=O) groups is 1. The van der Waals surface area contributed by atoms with Crippen LogP contribution in [0.3, 0.4) is 0 Å². The van der Waals surface area contributed by atoms with Crippen LogP contribution in [-0.2, 0) is 4.74 Å². The minimum absolute atomic E-state index is 0.0468. The first-order valence-corrected chi connectivity index (χ1v) is 6.89. The number of nitrogens with zero attached hydrogens (tertiary/aromatic N) is 1. The molecule has 0 aliphatic heterocycles. The van der Waals surface area contributed by atoms with Crippen LogP contribution in [0, 0.1) is 0 Å². The lowest BCUT2D eigenvalue weighted by molar-refractivity contribution is 0.0872. The average molecular weight is 322 g/mol. The number of Topliss-reactive ketones (excluding diaryl/α,β-unsaturated/α-hetero) is 1. The topological polar surface area (TPSA) is 49.8 Å².